The molecule has 1 N–H and O–H groups in total. The summed E-state index contributed by atoms with van der Waals surface area (Å²) in [4.78, 5) is 18.5. The van der Waals surface area contributed by atoms with Crippen LogP contribution in [0.5, 0.6) is 0 Å². The number of aromatic nitrogens is 3. The Morgan fingerprint density at radius 2 is 1.88 bits per heavy atom. The Kier molecular flexibility index (Phi) is 3.61. The lowest BCUT2D eigenvalue weighted by molar-refractivity contribution is 0.0734. The molecule has 0 unspecified atom stereocenters. The summed E-state index contributed by atoms with van der Waals surface area (Å²) in [7, 11) is 0. The molecule has 1 amide bonds. The van der Waals surface area contributed by atoms with E-state index in [0.29, 0.717) is 18.7 Å². The van der Waals surface area contributed by atoms with Crippen molar-refractivity contribution in [3.05, 3.63) is 71.2 Å². The van der Waals surface area contributed by atoms with Gasteiger partial charge in [0.1, 0.15) is 0 Å². The summed E-state index contributed by atoms with van der Waals surface area (Å²) in [6.45, 7) is 3.35. The zero-order chi connectivity index (χ0) is 16.5. The predicted octanol–water partition coefficient (Wildman–Crippen LogP) is 2.98. The van der Waals surface area contributed by atoms with Crippen LogP contribution in [0, 0.1) is 6.92 Å². The van der Waals surface area contributed by atoms with E-state index in [-0.39, 0.29) is 5.91 Å². The minimum absolute atomic E-state index is 0.0408. The summed E-state index contributed by atoms with van der Waals surface area (Å²) in [5, 5.41) is 7.63. The molecule has 1 aliphatic rings. The Bertz CT molecular complexity index is 868. The van der Waals surface area contributed by atoms with Gasteiger partial charge in [0, 0.05) is 54.3 Å². The molecule has 3 aromatic rings. The number of nitrogens with one attached hydrogen (secondary N) is 1. The smallest absolute Gasteiger partial charge is 0.254 e. The standard InChI is InChI=1S/C19H18N4O/c1-13-2-4-14(5-3-13)18-16-12-23(11-8-17(16)21-22-18)19(24)15-6-9-20-10-7-15/h2-7,9-10H,8,11-12H2,1H3,(H,21,22). The first-order chi connectivity index (χ1) is 11.7. The molecule has 0 spiro atoms. The van der Waals surface area contributed by atoms with E-state index in [1.807, 2.05) is 4.90 Å². The predicted molar refractivity (Wildman–Crippen MR) is 91.4 cm³/mol. The lowest BCUT2D eigenvalue weighted by Crippen LogP contribution is -2.35. The van der Waals surface area contributed by atoms with E-state index in [1.165, 1.54) is 5.56 Å². The number of hydrogen-bond acceptors (Lipinski definition) is 3. The van der Waals surface area contributed by atoms with E-state index in [0.717, 1.165) is 28.9 Å². The number of fused-ring (bicyclic) bond motifs is 1. The van der Waals surface area contributed by atoms with E-state index >= 15 is 0 Å². The lowest BCUT2D eigenvalue weighted by atomic mass is 10.00. The topological polar surface area (TPSA) is 61.9 Å². The summed E-state index contributed by atoms with van der Waals surface area (Å²) >= 11 is 0. The van der Waals surface area contributed by atoms with Gasteiger partial charge in [-0.05, 0) is 19.1 Å². The van der Waals surface area contributed by atoms with E-state index in [1.54, 1.807) is 24.5 Å². The van der Waals surface area contributed by atoms with Crippen molar-refractivity contribution in [1.29, 1.82) is 0 Å². The first-order valence-corrected chi connectivity index (χ1v) is 8.05. The van der Waals surface area contributed by atoms with Crippen molar-refractivity contribution in [2.75, 3.05) is 6.54 Å². The van der Waals surface area contributed by atoms with Crippen molar-refractivity contribution in [2.45, 2.75) is 19.9 Å². The number of carbonyl (C=O) groups is 1. The van der Waals surface area contributed by atoms with Crippen LogP contribution < -0.4 is 0 Å². The fourth-order valence-corrected chi connectivity index (χ4v) is 3.10. The lowest BCUT2D eigenvalue weighted by Gasteiger charge is -2.27. The number of aromatic amines is 1. The number of pyridine rings is 1. The van der Waals surface area contributed by atoms with Crippen molar-refractivity contribution in [2.24, 2.45) is 0 Å². The van der Waals surface area contributed by atoms with Crippen LogP contribution in [0.2, 0.25) is 0 Å². The average Bonchev–Trinajstić information content (AvgIpc) is 3.05. The van der Waals surface area contributed by atoms with Crippen LogP contribution in [0.3, 0.4) is 0 Å². The Hall–Kier alpha value is -2.95. The quantitative estimate of drug-likeness (QED) is 0.790. The van der Waals surface area contributed by atoms with Crippen molar-refractivity contribution < 1.29 is 4.79 Å². The van der Waals surface area contributed by atoms with Crippen molar-refractivity contribution >= 4 is 5.91 Å². The second-order valence-corrected chi connectivity index (χ2v) is 6.11. The van der Waals surface area contributed by atoms with E-state index in [2.05, 4.69) is 46.4 Å². The molecular weight excluding hydrogens is 300 g/mol. The first-order valence-electron chi connectivity index (χ1n) is 8.05. The molecule has 3 heterocycles. The largest absolute Gasteiger partial charge is 0.334 e. The van der Waals surface area contributed by atoms with Crippen molar-refractivity contribution in [1.82, 2.24) is 20.1 Å². The van der Waals surface area contributed by atoms with Crippen LogP contribution in [-0.4, -0.2) is 32.5 Å². The van der Waals surface area contributed by atoms with Gasteiger partial charge in [0.2, 0.25) is 0 Å². The number of rotatable bonds is 2. The molecule has 0 radical (unpaired) electrons. The molecule has 0 bridgehead atoms. The van der Waals surface area contributed by atoms with Gasteiger partial charge in [0.25, 0.3) is 5.91 Å². The normalized spacial score (nSPS) is 13.6. The summed E-state index contributed by atoms with van der Waals surface area (Å²) in [6, 6.07) is 11.8. The van der Waals surface area contributed by atoms with Crippen molar-refractivity contribution in [3.8, 4) is 11.3 Å². The fraction of sp³-hybridized carbons (Fsp3) is 0.211. The summed E-state index contributed by atoms with van der Waals surface area (Å²) in [5.74, 6) is 0.0408. The Morgan fingerprint density at radius 3 is 2.62 bits per heavy atom. The molecule has 1 aliphatic heterocycles. The maximum absolute atomic E-state index is 12.7. The third-order valence-corrected chi connectivity index (χ3v) is 4.47. The van der Waals surface area contributed by atoms with Gasteiger partial charge in [-0.15, -0.1) is 0 Å². The molecule has 0 atom stereocenters. The second kappa shape index (κ2) is 5.92. The monoisotopic (exact) mass is 318 g/mol. The molecular formula is C19H18N4O. The third kappa shape index (κ3) is 2.58. The molecule has 0 saturated heterocycles. The van der Waals surface area contributed by atoms with Gasteiger partial charge < -0.3 is 4.90 Å². The number of H-pyrrole nitrogens is 1. The van der Waals surface area contributed by atoms with Crippen molar-refractivity contribution in [3.63, 3.8) is 0 Å². The van der Waals surface area contributed by atoms with Gasteiger partial charge in [0.05, 0.1) is 5.69 Å². The number of aryl methyl sites for hydroxylation is 1. The molecule has 0 saturated carbocycles. The van der Waals surface area contributed by atoms with Gasteiger partial charge in [-0.25, -0.2) is 0 Å². The van der Waals surface area contributed by atoms with Crippen LogP contribution >= 0.6 is 0 Å². The maximum Gasteiger partial charge on any atom is 0.254 e. The van der Waals surface area contributed by atoms with E-state index < -0.39 is 0 Å². The number of carbonyl (C=O) groups excluding carboxylic acids is 1. The summed E-state index contributed by atoms with van der Waals surface area (Å²) in [5.41, 5.74) is 6.16. The molecule has 0 aliphatic carbocycles. The molecule has 2 aromatic heterocycles. The molecule has 5 nitrogen and oxygen atoms in total. The minimum Gasteiger partial charge on any atom is -0.334 e. The zero-order valence-electron chi connectivity index (χ0n) is 13.5. The number of amides is 1. The number of hydrogen-bond donors (Lipinski definition) is 1. The highest BCUT2D eigenvalue weighted by Crippen LogP contribution is 2.29. The number of nitrogens with zero attached hydrogens (tertiary/aromatic N) is 3. The second-order valence-electron chi connectivity index (χ2n) is 6.11. The average molecular weight is 318 g/mol. The maximum atomic E-state index is 12.7. The van der Waals surface area contributed by atoms with Gasteiger partial charge >= 0.3 is 0 Å². The van der Waals surface area contributed by atoms with Crippen LogP contribution in [0.25, 0.3) is 11.3 Å². The molecule has 120 valence electrons. The molecule has 4 rings (SSSR count). The Balaban J connectivity index is 1.64. The highest BCUT2D eigenvalue weighted by Gasteiger charge is 2.26. The Morgan fingerprint density at radius 1 is 1.12 bits per heavy atom. The van der Waals surface area contributed by atoms with Gasteiger partial charge in [0.15, 0.2) is 0 Å². The van der Waals surface area contributed by atoms with Gasteiger partial charge in [-0.3, -0.25) is 14.9 Å². The van der Waals surface area contributed by atoms with E-state index in [9.17, 15) is 4.79 Å². The summed E-state index contributed by atoms with van der Waals surface area (Å²) in [6.07, 6.45) is 4.10. The van der Waals surface area contributed by atoms with Crippen LogP contribution in [0.1, 0.15) is 27.2 Å². The SMILES string of the molecule is Cc1ccc(-c2n[nH]c3c2CN(C(=O)c2ccncc2)CC3)cc1. The van der Waals surface area contributed by atoms with Gasteiger partial charge in [-0.1, -0.05) is 29.8 Å². The fourth-order valence-electron chi connectivity index (χ4n) is 3.10. The third-order valence-electron chi connectivity index (χ3n) is 4.47. The molecule has 24 heavy (non-hydrogen) atoms. The van der Waals surface area contributed by atoms with Crippen LogP contribution in [0.4, 0.5) is 0 Å². The molecule has 5 heteroatoms. The minimum atomic E-state index is 0.0408. The molecule has 0 fully saturated rings. The zero-order valence-corrected chi connectivity index (χ0v) is 13.5. The first kappa shape index (κ1) is 14.6. The Labute approximate surface area is 140 Å². The number of benzene rings is 1. The van der Waals surface area contributed by atoms with E-state index in [4.69, 9.17) is 0 Å². The molecule has 1 aromatic carbocycles. The van der Waals surface area contributed by atoms with Crippen LogP contribution in [-0.2, 0) is 13.0 Å². The van der Waals surface area contributed by atoms with Gasteiger partial charge in [-0.2, -0.15) is 5.10 Å². The summed E-state index contributed by atoms with van der Waals surface area (Å²) < 4.78 is 0. The highest BCUT2D eigenvalue weighted by molar-refractivity contribution is 5.94. The highest BCUT2D eigenvalue weighted by atomic mass is 16.2. The van der Waals surface area contributed by atoms with Crippen LogP contribution in [0.15, 0.2) is 48.8 Å².